The quantitative estimate of drug-likeness (QED) is 0.351. The van der Waals surface area contributed by atoms with Gasteiger partial charge in [0.1, 0.15) is 16.5 Å². The number of nitrogens with one attached hydrogen (secondary N) is 1. The van der Waals surface area contributed by atoms with Crippen LogP contribution >= 0.6 is 27.5 Å². The topological polar surface area (TPSA) is 94.2 Å². The third-order valence-corrected chi connectivity index (χ3v) is 7.14. The Morgan fingerprint density at radius 1 is 1.06 bits per heavy atom. The highest BCUT2D eigenvalue weighted by atomic mass is 79.9. The predicted octanol–water partition coefficient (Wildman–Crippen LogP) is 5.35. The molecule has 0 aromatic heterocycles. The Kier molecular flexibility index (Phi) is 9.62. The molecule has 1 fully saturated rings. The molecule has 0 spiro atoms. The minimum Gasteiger partial charge on any atom is -0.496 e. The zero-order chi connectivity index (χ0) is 26.4. The number of carbonyl (C=O) groups excluding carboxylic acids is 3. The number of rotatable bonds is 7. The van der Waals surface area contributed by atoms with Gasteiger partial charge in [-0.25, -0.2) is 5.01 Å². The molecule has 1 N–H and O–H groups in total. The van der Waals surface area contributed by atoms with Gasteiger partial charge in [0.2, 0.25) is 5.91 Å². The van der Waals surface area contributed by atoms with Crippen LogP contribution in [0.2, 0.25) is 5.02 Å². The van der Waals surface area contributed by atoms with Gasteiger partial charge in [-0.15, -0.1) is 0 Å². The van der Waals surface area contributed by atoms with Crippen LogP contribution in [0.3, 0.4) is 0 Å². The van der Waals surface area contributed by atoms with Gasteiger partial charge >= 0.3 is 5.97 Å². The minimum absolute atomic E-state index is 0.148. The van der Waals surface area contributed by atoms with Crippen molar-refractivity contribution in [3.05, 3.63) is 57.9 Å². The van der Waals surface area contributed by atoms with E-state index in [2.05, 4.69) is 28.3 Å². The van der Waals surface area contributed by atoms with Crippen LogP contribution < -0.4 is 19.9 Å². The van der Waals surface area contributed by atoms with Crippen molar-refractivity contribution in [2.75, 3.05) is 25.8 Å². The lowest BCUT2D eigenvalue weighted by atomic mass is 9.81. The van der Waals surface area contributed by atoms with Crippen molar-refractivity contribution >= 4 is 51.0 Å². The van der Waals surface area contributed by atoms with E-state index in [-0.39, 0.29) is 28.5 Å². The smallest absolute Gasteiger partial charge is 0.308 e. The second-order valence-electron chi connectivity index (χ2n) is 8.35. The highest BCUT2D eigenvalue weighted by Crippen LogP contribution is 2.39. The summed E-state index contributed by atoms with van der Waals surface area (Å²) in [5.41, 5.74) is 3.68. The zero-order valence-corrected chi connectivity index (χ0v) is 22.8. The van der Waals surface area contributed by atoms with Gasteiger partial charge in [-0.3, -0.25) is 19.8 Å². The summed E-state index contributed by atoms with van der Waals surface area (Å²) in [7, 11) is 2.99. The summed E-state index contributed by atoms with van der Waals surface area (Å²) in [4.78, 5) is 39.2. The first-order valence-electron chi connectivity index (χ1n) is 11.5. The zero-order valence-electron chi connectivity index (χ0n) is 20.4. The SMILES string of the molecule is [CH2]c1ccc(OC)c(Cl)c1N(NC(=O)c1ccc(OC)c(Br)c1)C(=O)C1CCC(C(=O)OCC)CC1. The standard InChI is InChI=1S/C26H29BrClN2O6/c1-5-36-26(33)17-9-7-16(8-10-17)25(32)30(23-15(2)6-12-21(35-4)22(23)28)29-24(31)18-11-13-20(34-3)19(27)14-18/h6,11-14,16-17H,2,5,7-10H2,1,3-4H3,(H,29,31). The molecule has 2 aromatic rings. The second kappa shape index (κ2) is 12.5. The van der Waals surface area contributed by atoms with Gasteiger partial charge < -0.3 is 14.2 Å². The molecule has 2 amide bonds. The van der Waals surface area contributed by atoms with Crippen molar-refractivity contribution in [1.29, 1.82) is 0 Å². The van der Waals surface area contributed by atoms with Crippen LogP contribution in [-0.2, 0) is 14.3 Å². The Balaban J connectivity index is 1.92. The lowest BCUT2D eigenvalue weighted by Gasteiger charge is -2.32. The van der Waals surface area contributed by atoms with Gasteiger partial charge in [-0.05, 0) is 85.3 Å². The molecule has 1 radical (unpaired) electrons. The summed E-state index contributed by atoms with van der Waals surface area (Å²) in [6, 6.07) is 8.13. The number of carbonyl (C=O) groups is 3. The number of esters is 1. The maximum atomic E-state index is 13.8. The van der Waals surface area contributed by atoms with Crippen LogP contribution in [-0.4, -0.2) is 38.6 Å². The molecular weight excluding hydrogens is 552 g/mol. The number of methoxy groups -OCH3 is 2. The number of benzene rings is 2. The number of amides is 2. The Hall–Kier alpha value is -2.78. The monoisotopic (exact) mass is 579 g/mol. The van der Waals surface area contributed by atoms with Crippen molar-refractivity contribution < 1.29 is 28.6 Å². The fourth-order valence-electron chi connectivity index (χ4n) is 4.20. The Bertz CT molecular complexity index is 1130. The lowest BCUT2D eigenvalue weighted by Crippen LogP contribution is -2.50. The van der Waals surface area contributed by atoms with Crippen molar-refractivity contribution in [3.63, 3.8) is 0 Å². The average Bonchev–Trinajstić information content (AvgIpc) is 2.87. The molecule has 0 saturated heterocycles. The Morgan fingerprint density at radius 3 is 2.25 bits per heavy atom. The summed E-state index contributed by atoms with van der Waals surface area (Å²) in [5, 5.41) is 1.30. The summed E-state index contributed by atoms with van der Waals surface area (Å²) in [5.74, 6) is -0.881. The molecule has 1 aliphatic carbocycles. The molecule has 10 heteroatoms. The number of hydrogen-bond donors (Lipinski definition) is 1. The van der Waals surface area contributed by atoms with E-state index in [1.54, 1.807) is 37.3 Å². The lowest BCUT2D eigenvalue weighted by molar-refractivity contribution is -0.150. The molecule has 1 saturated carbocycles. The number of halogens is 2. The third-order valence-electron chi connectivity index (χ3n) is 6.15. The van der Waals surface area contributed by atoms with Gasteiger partial charge in [-0.1, -0.05) is 17.7 Å². The first kappa shape index (κ1) is 27.8. The summed E-state index contributed by atoms with van der Waals surface area (Å²) in [6.07, 6.45) is 1.98. The number of anilines is 1. The molecule has 193 valence electrons. The molecule has 3 rings (SSSR count). The van der Waals surface area contributed by atoms with Gasteiger partial charge in [0.15, 0.2) is 0 Å². The van der Waals surface area contributed by atoms with Gasteiger partial charge in [0.25, 0.3) is 5.91 Å². The third kappa shape index (κ3) is 6.13. The molecule has 2 aromatic carbocycles. The van der Waals surface area contributed by atoms with Crippen LogP contribution in [0.15, 0.2) is 34.8 Å². The highest BCUT2D eigenvalue weighted by molar-refractivity contribution is 9.10. The van der Waals surface area contributed by atoms with E-state index in [9.17, 15) is 14.4 Å². The molecule has 36 heavy (non-hydrogen) atoms. The number of hydrazine groups is 1. The van der Waals surface area contributed by atoms with Crippen molar-refractivity contribution in [1.82, 2.24) is 5.43 Å². The number of ether oxygens (including phenoxy) is 3. The Labute approximate surface area is 224 Å². The van der Waals surface area contributed by atoms with Crippen LogP contribution in [0.25, 0.3) is 0 Å². The maximum Gasteiger partial charge on any atom is 0.308 e. The highest BCUT2D eigenvalue weighted by Gasteiger charge is 2.35. The largest absolute Gasteiger partial charge is 0.496 e. The molecule has 0 aliphatic heterocycles. The van der Waals surface area contributed by atoms with Crippen molar-refractivity contribution in [3.8, 4) is 11.5 Å². The minimum atomic E-state index is -0.523. The maximum absolute atomic E-state index is 13.8. The summed E-state index contributed by atoms with van der Waals surface area (Å²) >= 11 is 9.97. The molecule has 0 heterocycles. The summed E-state index contributed by atoms with van der Waals surface area (Å²) in [6.45, 7) is 6.09. The number of nitrogens with zero attached hydrogens (tertiary/aromatic N) is 1. The first-order chi connectivity index (χ1) is 17.2. The van der Waals surface area contributed by atoms with Gasteiger partial charge in [0.05, 0.1) is 36.9 Å². The number of hydrogen-bond acceptors (Lipinski definition) is 6. The van der Waals surface area contributed by atoms with Crippen LogP contribution in [0.5, 0.6) is 11.5 Å². The first-order valence-corrected chi connectivity index (χ1v) is 12.7. The van der Waals surface area contributed by atoms with Gasteiger partial charge in [-0.2, -0.15) is 0 Å². The Morgan fingerprint density at radius 2 is 1.67 bits per heavy atom. The average molecular weight is 581 g/mol. The van der Waals surface area contributed by atoms with Crippen molar-refractivity contribution in [2.24, 2.45) is 11.8 Å². The fourth-order valence-corrected chi connectivity index (χ4v) is 5.09. The van der Waals surface area contributed by atoms with Crippen molar-refractivity contribution in [2.45, 2.75) is 32.6 Å². The van der Waals surface area contributed by atoms with E-state index < -0.39 is 11.8 Å². The van der Waals surface area contributed by atoms with E-state index in [0.717, 1.165) is 5.01 Å². The normalized spacial score (nSPS) is 17.2. The molecule has 8 nitrogen and oxygen atoms in total. The van der Waals surface area contributed by atoms with E-state index in [4.69, 9.17) is 25.8 Å². The molecule has 0 bridgehead atoms. The van der Waals surface area contributed by atoms with Crippen LogP contribution in [0, 0.1) is 18.8 Å². The van der Waals surface area contributed by atoms with Crippen LogP contribution in [0.4, 0.5) is 5.69 Å². The van der Waals surface area contributed by atoms with E-state index in [0.29, 0.717) is 59.4 Å². The van der Waals surface area contributed by atoms with E-state index in [1.165, 1.54) is 14.2 Å². The van der Waals surface area contributed by atoms with E-state index >= 15 is 0 Å². The molecule has 0 atom stereocenters. The van der Waals surface area contributed by atoms with Gasteiger partial charge in [0, 0.05) is 11.5 Å². The fraction of sp³-hybridized carbons (Fsp3) is 0.385. The van der Waals surface area contributed by atoms with Crippen LogP contribution in [0.1, 0.15) is 48.5 Å². The predicted molar refractivity (Wildman–Crippen MR) is 140 cm³/mol. The molecular formula is C26H29BrClN2O6. The second-order valence-corrected chi connectivity index (χ2v) is 9.59. The summed E-state index contributed by atoms with van der Waals surface area (Å²) < 4.78 is 16.3. The molecule has 1 aliphatic rings. The van der Waals surface area contributed by atoms with E-state index in [1.807, 2.05) is 0 Å². The molecule has 0 unspecified atom stereocenters.